The van der Waals surface area contributed by atoms with Gasteiger partial charge in [-0.15, -0.1) is 21.5 Å². The number of hydrogen-bond acceptors (Lipinski definition) is 7. The molecule has 0 aliphatic rings. The maximum Gasteiger partial charge on any atom is 0.267 e. The first kappa shape index (κ1) is 19.3. The monoisotopic (exact) mass is 419 g/mol. The Kier molecular flexibility index (Phi) is 4.94. The van der Waals surface area contributed by atoms with Gasteiger partial charge in [0.25, 0.3) is 5.56 Å². The van der Waals surface area contributed by atoms with Crippen LogP contribution in [0.4, 0.5) is 0 Å². The van der Waals surface area contributed by atoms with Crippen molar-refractivity contribution in [3.05, 3.63) is 67.9 Å². The second kappa shape index (κ2) is 7.43. The molecule has 0 radical (unpaired) electrons. The van der Waals surface area contributed by atoms with Crippen molar-refractivity contribution < 1.29 is 0 Å². The fourth-order valence-electron chi connectivity index (χ4n) is 3.06. The zero-order valence-corrected chi connectivity index (χ0v) is 18.0. The number of nitrogens with zero attached hydrogens (tertiary/aromatic N) is 5. The molecule has 0 atom stereocenters. The minimum Gasteiger partial charge on any atom is -0.268 e. The van der Waals surface area contributed by atoms with Crippen LogP contribution in [-0.4, -0.2) is 19.7 Å². The van der Waals surface area contributed by atoms with E-state index in [1.165, 1.54) is 23.1 Å². The Morgan fingerprint density at radius 1 is 1.07 bits per heavy atom. The van der Waals surface area contributed by atoms with Crippen molar-refractivity contribution in [2.45, 2.75) is 37.9 Å². The minimum atomic E-state index is -0.0883. The molecule has 0 N–H and O–H groups in total. The van der Waals surface area contributed by atoms with Crippen molar-refractivity contribution in [1.29, 1.82) is 5.26 Å². The van der Waals surface area contributed by atoms with Crippen LogP contribution < -0.4 is 5.56 Å². The lowest BCUT2D eigenvalue weighted by Crippen LogP contribution is -2.22. The Bertz CT molecular complexity index is 1350. The van der Waals surface area contributed by atoms with E-state index in [1.54, 1.807) is 16.7 Å². The SMILES string of the molecule is Cc1cccc(-n2c(Sc3ccc(C#N)nn3)nc3sc(C)c(C)c3c2=O)c1C. The molecule has 0 aliphatic carbocycles. The van der Waals surface area contributed by atoms with Crippen LogP contribution in [0.3, 0.4) is 0 Å². The molecular formula is C21H17N5OS2. The molecule has 0 aliphatic heterocycles. The summed E-state index contributed by atoms with van der Waals surface area (Å²) in [5.74, 6) is 0. The second-order valence-electron chi connectivity index (χ2n) is 6.69. The van der Waals surface area contributed by atoms with E-state index in [0.717, 1.165) is 32.1 Å². The van der Waals surface area contributed by atoms with Crippen molar-refractivity contribution >= 4 is 33.3 Å². The standard InChI is InChI=1S/C21H17N5OS2/c1-11-6-5-7-16(12(11)2)26-20(27)18-13(3)14(4)28-19(18)23-21(26)29-17-9-8-15(10-22)24-25-17/h5-9H,1-4H3. The number of fused-ring (bicyclic) bond motifs is 1. The van der Waals surface area contributed by atoms with E-state index in [2.05, 4.69) is 10.2 Å². The van der Waals surface area contributed by atoms with Crippen LogP contribution in [-0.2, 0) is 0 Å². The van der Waals surface area contributed by atoms with Crippen LogP contribution in [0.2, 0.25) is 0 Å². The van der Waals surface area contributed by atoms with Gasteiger partial charge in [-0.3, -0.25) is 9.36 Å². The van der Waals surface area contributed by atoms with Gasteiger partial charge in [-0.05, 0) is 74.3 Å². The average Bonchev–Trinajstić information content (AvgIpc) is 2.99. The highest BCUT2D eigenvalue weighted by molar-refractivity contribution is 7.99. The zero-order chi connectivity index (χ0) is 20.7. The number of nitriles is 1. The highest BCUT2D eigenvalue weighted by Gasteiger charge is 2.20. The first-order chi connectivity index (χ1) is 13.9. The smallest absolute Gasteiger partial charge is 0.267 e. The average molecular weight is 420 g/mol. The molecule has 0 saturated heterocycles. The van der Waals surface area contributed by atoms with E-state index >= 15 is 0 Å². The van der Waals surface area contributed by atoms with E-state index in [4.69, 9.17) is 10.2 Å². The minimum absolute atomic E-state index is 0.0883. The molecule has 4 rings (SSSR count). The summed E-state index contributed by atoms with van der Waals surface area (Å²) in [5, 5.41) is 18.7. The Balaban J connectivity index is 2.00. The molecule has 4 aromatic rings. The molecular weight excluding hydrogens is 402 g/mol. The van der Waals surface area contributed by atoms with Crippen molar-refractivity contribution in [2.24, 2.45) is 0 Å². The first-order valence-electron chi connectivity index (χ1n) is 8.91. The van der Waals surface area contributed by atoms with Crippen LogP contribution in [0.25, 0.3) is 15.9 Å². The van der Waals surface area contributed by atoms with Gasteiger partial charge in [0.2, 0.25) is 0 Å². The van der Waals surface area contributed by atoms with E-state index in [-0.39, 0.29) is 11.3 Å². The molecule has 6 nitrogen and oxygen atoms in total. The number of aromatic nitrogens is 4. The molecule has 1 aromatic carbocycles. The lowest BCUT2D eigenvalue weighted by Gasteiger charge is -2.15. The highest BCUT2D eigenvalue weighted by atomic mass is 32.2. The molecule has 0 amide bonds. The van der Waals surface area contributed by atoms with Crippen molar-refractivity contribution in [3.8, 4) is 11.8 Å². The predicted octanol–water partition coefficient (Wildman–Crippen LogP) is 4.49. The van der Waals surface area contributed by atoms with Crippen LogP contribution in [0, 0.1) is 39.0 Å². The lowest BCUT2D eigenvalue weighted by molar-refractivity contribution is 0.809. The van der Waals surface area contributed by atoms with Crippen molar-refractivity contribution in [3.63, 3.8) is 0 Å². The summed E-state index contributed by atoms with van der Waals surface area (Å²) < 4.78 is 1.66. The van der Waals surface area contributed by atoms with Gasteiger partial charge < -0.3 is 0 Å². The summed E-state index contributed by atoms with van der Waals surface area (Å²) in [6, 6.07) is 11.2. The van der Waals surface area contributed by atoms with Gasteiger partial charge >= 0.3 is 0 Å². The molecule has 3 heterocycles. The molecule has 0 saturated carbocycles. The number of aryl methyl sites for hydroxylation is 3. The molecule has 29 heavy (non-hydrogen) atoms. The summed E-state index contributed by atoms with van der Waals surface area (Å²) >= 11 is 2.78. The normalized spacial score (nSPS) is 11.0. The number of benzene rings is 1. The van der Waals surface area contributed by atoms with Gasteiger partial charge in [-0.2, -0.15) is 5.26 Å². The molecule has 0 unspecified atom stereocenters. The van der Waals surface area contributed by atoms with E-state index in [0.29, 0.717) is 15.6 Å². The van der Waals surface area contributed by atoms with Crippen molar-refractivity contribution in [2.75, 3.05) is 0 Å². The topological polar surface area (TPSA) is 84.5 Å². The van der Waals surface area contributed by atoms with Crippen molar-refractivity contribution in [1.82, 2.24) is 19.7 Å². The van der Waals surface area contributed by atoms with Crippen LogP contribution >= 0.6 is 23.1 Å². The Labute approximate surface area is 175 Å². The zero-order valence-electron chi connectivity index (χ0n) is 16.3. The number of hydrogen-bond donors (Lipinski definition) is 0. The Hall–Kier alpha value is -3.02. The molecule has 0 spiro atoms. The molecule has 144 valence electrons. The van der Waals surface area contributed by atoms with Gasteiger partial charge in [0.1, 0.15) is 15.9 Å². The van der Waals surface area contributed by atoms with Crippen LogP contribution in [0.1, 0.15) is 27.3 Å². The molecule has 0 fully saturated rings. The number of rotatable bonds is 3. The van der Waals surface area contributed by atoms with E-state index < -0.39 is 0 Å². The van der Waals surface area contributed by atoms with E-state index in [9.17, 15) is 4.79 Å². The quantitative estimate of drug-likeness (QED) is 0.455. The largest absolute Gasteiger partial charge is 0.268 e. The summed E-state index contributed by atoms with van der Waals surface area (Å²) in [7, 11) is 0. The van der Waals surface area contributed by atoms with Gasteiger partial charge in [0.05, 0.1) is 11.1 Å². The second-order valence-corrected chi connectivity index (χ2v) is 8.88. The first-order valence-corrected chi connectivity index (χ1v) is 10.5. The maximum atomic E-state index is 13.6. The third-order valence-electron chi connectivity index (χ3n) is 4.94. The molecule has 0 bridgehead atoms. The summed E-state index contributed by atoms with van der Waals surface area (Å²) in [4.78, 5) is 20.2. The number of thiophene rings is 1. The van der Waals surface area contributed by atoms with Gasteiger partial charge in [0.15, 0.2) is 10.9 Å². The Morgan fingerprint density at radius 3 is 2.55 bits per heavy atom. The summed E-state index contributed by atoms with van der Waals surface area (Å²) in [6.45, 7) is 7.99. The van der Waals surface area contributed by atoms with Gasteiger partial charge in [-0.25, -0.2) is 4.98 Å². The Morgan fingerprint density at radius 2 is 1.86 bits per heavy atom. The molecule has 8 heteroatoms. The third-order valence-corrected chi connectivity index (χ3v) is 6.92. The predicted molar refractivity (Wildman–Crippen MR) is 115 cm³/mol. The van der Waals surface area contributed by atoms with Crippen LogP contribution in [0.5, 0.6) is 0 Å². The van der Waals surface area contributed by atoms with Gasteiger partial charge in [-0.1, -0.05) is 12.1 Å². The fourth-order valence-corrected chi connectivity index (χ4v) is 4.95. The maximum absolute atomic E-state index is 13.6. The summed E-state index contributed by atoms with van der Waals surface area (Å²) in [5.41, 5.74) is 4.05. The van der Waals surface area contributed by atoms with Crippen LogP contribution in [0.15, 0.2) is 45.3 Å². The molecule has 3 aromatic heterocycles. The summed E-state index contributed by atoms with van der Waals surface area (Å²) in [6.07, 6.45) is 0. The third kappa shape index (κ3) is 3.33. The lowest BCUT2D eigenvalue weighted by atomic mass is 10.1. The van der Waals surface area contributed by atoms with Gasteiger partial charge in [0, 0.05) is 4.88 Å². The van der Waals surface area contributed by atoms with E-state index in [1.807, 2.05) is 52.0 Å². The fraction of sp³-hybridized carbons (Fsp3) is 0.190. The highest BCUT2D eigenvalue weighted by Crippen LogP contribution is 2.32.